The highest BCUT2D eigenvalue weighted by Crippen LogP contribution is 2.17. The van der Waals surface area contributed by atoms with Crippen LogP contribution in [0, 0.1) is 0 Å². The van der Waals surface area contributed by atoms with Crippen LogP contribution >= 0.6 is 0 Å². The highest BCUT2D eigenvalue weighted by molar-refractivity contribution is 5.98. The van der Waals surface area contributed by atoms with Gasteiger partial charge in [-0.1, -0.05) is 43.2 Å². The van der Waals surface area contributed by atoms with Crippen LogP contribution < -0.4 is 5.32 Å². The number of nitrogens with one attached hydrogen (secondary N) is 1. The highest BCUT2D eigenvalue weighted by Gasteiger charge is 2.17. The summed E-state index contributed by atoms with van der Waals surface area (Å²) in [6.07, 6.45) is 6.27. The maximum atomic E-state index is 12.7. The van der Waals surface area contributed by atoms with Crippen molar-refractivity contribution in [3.63, 3.8) is 0 Å². The van der Waals surface area contributed by atoms with Gasteiger partial charge >= 0.3 is 0 Å². The number of nitrogens with zero attached hydrogens (tertiary/aromatic N) is 3. The third-order valence-electron chi connectivity index (χ3n) is 5.44. The summed E-state index contributed by atoms with van der Waals surface area (Å²) >= 11 is 0. The molecule has 4 rings (SSSR count). The van der Waals surface area contributed by atoms with Crippen molar-refractivity contribution in [3.8, 4) is 0 Å². The Morgan fingerprint density at radius 1 is 0.966 bits per heavy atom. The Bertz CT molecular complexity index is 989. The van der Waals surface area contributed by atoms with Crippen molar-refractivity contribution in [2.24, 2.45) is 0 Å². The molecule has 150 valence electrons. The molecule has 6 heteroatoms. The van der Waals surface area contributed by atoms with E-state index in [0.29, 0.717) is 12.1 Å². The predicted molar refractivity (Wildman–Crippen MR) is 112 cm³/mol. The summed E-state index contributed by atoms with van der Waals surface area (Å²) in [4.78, 5) is 27.1. The average molecular weight is 390 g/mol. The van der Waals surface area contributed by atoms with E-state index in [1.165, 1.54) is 12.8 Å². The van der Waals surface area contributed by atoms with Gasteiger partial charge in [-0.25, -0.2) is 0 Å². The molecule has 2 aromatic carbocycles. The van der Waals surface area contributed by atoms with Crippen molar-refractivity contribution < 1.29 is 9.59 Å². The second-order valence-corrected chi connectivity index (χ2v) is 7.54. The first-order valence-electron chi connectivity index (χ1n) is 10.3. The molecule has 29 heavy (non-hydrogen) atoms. The lowest BCUT2D eigenvalue weighted by Crippen LogP contribution is -2.34. The zero-order valence-electron chi connectivity index (χ0n) is 16.5. The summed E-state index contributed by atoms with van der Waals surface area (Å²) < 4.78 is 1.73. The van der Waals surface area contributed by atoms with Gasteiger partial charge in [0.15, 0.2) is 0 Å². The molecule has 0 atom stereocenters. The molecular formula is C23H26N4O2. The van der Waals surface area contributed by atoms with Crippen molar-refractivity contribution in [2.45, 2.75) is 38.8 Å². The number of hydrogen-bond donors (Lipinski definition) is 1. The van der Waals surface area contributed by atoms with Gasteiger partial charge in [-0.15, -0.1) is 0 Å². The largest absolute Gasteiger partial charge is 0.348 e. The Morgan fingerprint density at radius 2 is 1.72 bits per heavy atom. The molecule has 0 aliphatic carbocycles. The summed E-state index contributed by atoms with van der Waals surface area (Å²) in [7, 11) is 0. The Labute approximate surface area is 170 Å². The molecule has 2 heterocycles. The molecule has 1 N–H and O–H groups in total. The first-order chi connectivity index (χ1) is 14.2. The van der Waals surface area contributed by atoms with Gasteiger partial charge in [0.05, 0.1) is 11.7 Å². The summed E-state index contributed by atoms with van der Waals surface area (Å²) in [6, 6.07) is 15.3. The van der Waals surface area contributed by atoms with Gasteiger partial charge in [0.1, 0.15) is 6.54 Å². The fraction of sp³-hybridized carbons (Fsp3) is 0.348. The molecule has 3 aromatic rings. The molecule has 1 saturated heterocycles. The van der Waals surface area contributed by atoms with Gasteiger partial charge in [0, 0.05) is 30.6 Å². The van der Waals surface area contributed by atoms with Crippen molar-refractivity contribution in [1.29, 1.82) is 0 Å². The molecule has 0 spiro atoms. The number of hydrogen-bond acceptors (Lipinski definition) is 3. The fourth-order valence-corrected chi connectivity index (χ4v) is 3.78. The maximum Gasteiger partial charge on any atom is 0.251 e. The summed E-state index contributed by atoms with van der Waals surface area (Å²) in [5.74, 6) is -0.00859. The zero-order valence-corrected chi connectivity index (χ0v) is 16.5. The molecular weight excluding hydrogens is 364 g/mol. The second kappa shape index (κ2) is 8.90. The van der Waals surface area contributed by atoms with E-state index in [2.05, 4.69) is 10.4 Å². The number of carbonyl (C=O) groups is 2. The van der Waals surface area contributed by atoms with Gasteiger partial charge in [-0.05, 0) is 36.6 Å². The number of aromatic nitrogens is 2. The number of fused-ring (bicyclic) bond motifs is 1. The van der Waals surface area contributed by atoms with Crippen molar-refractivity contribution in [3.05, 3.63) is 65.9 Å². The topological polar surface area (TPSA) is 67.2 Å². The lowest BCUT2D eigenvalue weighted by Gasteiger charge is -2.20. The van der Waals surface area contributed by atoms with E-state index in [4.69, 9.17) is 0 Å². The Balaban J connectivity index is 1.43. The quantitative estimate of drug-likeness (QED) is 0.726. The van der Waals surface area contributed by atoms with Crippen LogP contribution in [-0.4, -0.2) is 39.6 Å². The van der Waals surface area contributed by atoms with Gasteiger partial charge in [0.2, 0.25) is 5.91 Å². The van der Waals surface area contributed by atoms with Crippen LogP contribution in [0.2, 0.25) is 0 Å². The van der Waals surface area contributed by atoms with Gasteiger partial charge in [-0.2, -0.15) is 5.10 Å². The average Bonchev–Trinajstić information content (AvgIpc) is 2.96. The minimum absolute atomic E-state index is 0.113. The van der Waals surface area contributed by atoms with E-state index in [0.717, 1.165) is 42.4 Å². The molecule has 0 radical (unpaired) electrons. The summed E-state index contributed by atoms with van der Waals surface area (Å²) in [5.41, 5.74) is 2.52. The Hall–Kier alpha value is -3.15. The van der Waals surface area contributed by atoms with Gasteiger partial charge < -0.3 is 10.2 Å². The monoisotopic (exact) mass is 390 g/mol. The van der Waals surface area contributed by atoms with Crippen LogP contribution in [0.1, 0.15) is 41.6 Å². The second-order valence-electron chi connectivity index (χ2n) is 7.54. The van der Waals surface area contributed by atoms with E-state index in [-0.39, 0.29) is 18.4 Å². The van der Waals surface area contributed by atoms with Crippen LogP contribution in [0.4, 0.5) is 0 Å². The van der Waals surface area contributed by atoms with Crippen LogP contribution in [-0.2, 0) is 17.9 Å². The standard InChI is InChI=1S/C23H26N4O2/c28-22(26-12-6-1-2-7-13-26)17-27-21-11-10-19(14-20(21)16-25-27)23(29)24-15-18-8-4-3-5-9-18/h3-5,8-11,14,16H,1-2,6-7,12-13,15,17H2,(H,24,29). The third kappa shape index (κ3) is 4.65. The van der Waals surface area contributed by atoms with Crippen molar-refractivity contribution >= 4 is 22.7 Å². The van der Waals surface area contributed by atoms with Crippen LogP contribution in [0.5, 0.6) is 0 Å². The van der Waals surface area contributed by atoms with Crippen LogP contribution in [0.15, 0.2) is 54.7 Å². The smallest absolute Gasteiger partial charge is 0.251 e. The first-order valence-corrected chi connectivity index (χ1v) is 10.3. The lowest BCUT2D eigenvalue weighted by molar-refractivity contribution is -0.131. The number of amides is 2. The molecule has 1 aromatic heterocycles. The summed E-state index contributed by atoms with van der Waals surface area (Å²) in [6.45, 7) is 2.40. The molecule has 0 unspecified atom stereocenters. The number of carbonyl (C=O) groups excluding carboxylic acids is 2. The molecule has 2 amide bonds. The number of benzene rings is 2. The van der Waals surface area contributed by atoms with Gasteiger partial charge in [0.25, 0.3) is 5.91 Å². The van der Waals surface area contributed by atoms with Crippen LogP contribution in [0.3, 0.4) is 0 Å². The van der Waals surface area contributed by atoms with Crippen molar-refractivity contribution in [1.82, 2.24) is 20.0 Å². The molecule has 1 aliphatic heterocycles. The van der Waals surface area contributed by atoms with E-state index in [1.54, 1.807) is 16.9 Å². The normalized spacial score (nSPS) is 14.6. The molecule has 1 aliphatic rings. The van der Waals surface area contributed by atoms with E-state index >= 15 is 0 Å². The van der Waals surface area contributed by atoms with Crippen molar-refractivity contribution in [2.75, 3.05) is 13.1 Å². The van der Waals surface area contributed by atoms with Gasteiger partial charge in [-0.3, -0.25) is 14.3 Å². The number of rotatable bonds is 5. The van der Waals surface area contributed by atoms with E-state index in [9.17, 15) is 9.59 Å². The third-order valence-corrected chi connectivity index (χ3v) is 5.44. The molecule has 0 bridgehead atoms. The SMILES string of the molecule is O=C(NCc1ccccc1)c1ccc2c(cnn2CC(=O)N2CCCCCC2)c1. The van der Waals surface area contributed by atoms with E-state index in [1.807, 2.05) is 47.4 Å². The maximum absolute atomic E-state index is 12.7. The van der Waals surface area contributed by atoms with Crippen LogP contribution in [0.25, 0.3) is 10.9 Å². The Kier molecular flexibility index (Phi) is 5.89. The minimum atomic E-state index is -0.121. The number of likely N-dealkylation sites (tertiary alicyclic amines) is 1. The predicted octanol–water partition coefficient (Wildman–Crippen LogP) is 3.37. The minimum Gasteiger partial charge on any atom is -0.348 e. The first kappa shape index (κ1) is 19.2. The summed E-state index contributed by atoms with van der Waals surface area (Å²) in [5, 5.41) is 8.19. The highest BCUT2D eigenvalue weighted by atomic mass is 16.2. The molecule has 1 fully saturated rings. The lowest BCUT2D eigenvalue weighted by atomic mass is 10.1. The van der Waals surface area contributed by atoms with E-state index < -0.39 is 0 Å². The fourth-order valence-electron chi connectivity index (χ4n) is 3.78. The Morgan fingerprint density at radius 3 is 2.48 bits per heavy atom. The molecule has 6 nitrogen and oxygen atoms in total. The zero-order chi connectivity index (χ0) is 20.1. The molecule has 0 saturated carbocycles.